The number of aromatic nitrogens is 1. The monoisotopic (exact) mass is 427 g/mol. The van der Waals surface area contributed by atoms with Crippen molar-refractivity contribution in [2.24, 2.45) is 0 Å². The van der Waals surface area contributed by atoms with Gasteiger partial charge in [-0.1, -0.05) is 13.0 Å². The molecule has 1 aliphatic rings. The predicted molar refractivity (Wildman–Crippen MR) is 118 cm³/mol. The molecule has 0 radical (unpaired) electrons. The van der Waals surface area contributed by atoms with E-state index in [1.807, 2.05) is 33.8 Å². The number of anilines is 1. The van der Waals surface area contributed by atoms with E-state index in [1.165, 1.54) is 26.2 Å². The molecule has 1 aromatic heterocycles. The second kappa shape index (κ2) is 8.29. The van der Waals surface area contributed by atoms with E-state index in [0.717, 1.165) is 11.1 Å². The third-order valence-corrected chi connectivity index (χ3v) is 5.13. The van der Waals surface area contributed by atoms with Crippen molar-refractivity contribution >= 4 is 17.7 Å². The Bertz CT molecular complexity index is 992. The Morgan fingerprint density at radius 1 is 1.16 bits per heavy atom. The number of rotatable bonds is 3. The van der Waals surface area contributed by atoms with Crippen LogP contribution in [0.3, 0.4) is 0 Å². The molecule has 0 bridgehead atoms. The molecule has 0 saturated carbocycles. The SMILES string of the molecule is CC1CN(C(=O)OC(C)(C)C)Cc2cc(C(=O)Nc3cncc(C(C)(C)F)c3)ccc21. The highest BCUT2D eigenvalue weighted by Crippen LogP contribution is 2.30. The average molecular weight is 428 g/mol. The van der Waals surface area contributed by atoms with Crippen molar-refractivity contribution in [1.29, 1.82) is 0 Å². The van der Waals surface area contributed by atoms with E-state index >= 15 is 0 Å². The fraction of sp³-hybridized carbons (Fsp3) is 0.458. The van der Waals surface area contributed by atoms with Crippen LogP contribution in [0, 0.1) is 0 Å². The van der Waals surface area contributed by atoms with Crippen LogP contribution in [0.2, 0.25) is 0 Å². The van der Waals surface area contributed by atoms with Crippen molar-refractivity contribution in [3.63, 3.8) is 0 Å². The summed E-state index contributed by atoms with van der Waals surface area (Å²) in [4.78, 5) is 31.0. The zero-order valence-corrected chi connectivity index (χ0v) is 19.0. The molecule has 2 aromatic rings. The fourth-order valence-corrected chi connectivity index (χ4v) is 3.57. The van der Waals surface area contributed by atoms with Gasteiger partial charge in [0.15, 0.2) is 0 Å². The maximum atomic E-state index is 14.2. The van der Waals surface area contributed by atoms with E-state index < -0.39 is 11.3 Å². The summed E-state index contributed by atoms with van der Waals surface area (Å²) in [5.41, 5.74) is 1.17. The third-order valence-electron chi connectivity index (χ3n) is 5.13. The number of ether oxygens (including phenoxy) is 1. The quantitative estimate of drug-likeness (QED) is 0.713. The fourth-order valence-electron chi connectivity index (χ4n) is 3.57. The Morgan fingerprint density at radius 3 is 2.52 bits per heavy atom. The standard InChI is InChI=1S/C24H30FN3O3/c1-15-13-28(22(30)31-23(2,3)4)14-17-9-16(7-8-20(15)17)21(29)27-19-10-18(11-26-12-19)24(5,6)25/h7-12,15H,13-14H2,1-6H3,(H,27,29). The number of amides is 2. The topological polar surface area (TPSA) is 71.5 Å². The molecule has 0 aliphatic carbocycles. The second-order valence-corrected chi connectivity index (χ2v) is 9.56. The lowest BCUT2D eigenvalue weighted by atomic mass is 9.90. The molecule has 31 heavy (non-hydrogen) atoms. The number of benzene rings is 1. The number of carbonyl (C=O) groups is 2. The number of halogens is 1. The number of carbonyl (C=O) groups excluding carboxylic acids is 2. The Labute approximate surface area is 182 Å². The predicted octanol–water partition coefficient (Wildman–Crippen LogP) is 5.39. The van der Waals surface area contributed by atoms with Gasteiger partial charge in [0.2, 0.25) is 0 Å². The van der Waals surface area contributed by atoms with E-state index in [9.17, 15) is 14.0 Å². The first kappa shape index (κ1) is 22.7. The van der Waals surface area contributed by atoms with Gasteiger partial charge in [-0.25, -0.2) is 9.18 Å². The zero-order chi connectivity index (χ0) is 23.0. The van der Waals surface area contributed by atoms with Gasteiger partial charge in [0.1, 0.15) is 11.3 Å². The Kier molecular flexibility index (Phi) is 6.07. The summed E-state index contributed by atoms with van der Waals surface area (Å²) < 4.78 is 19.7. The van der Waals surface area contributed by atoms with Gasteiger partial charge in [-0.2, -0.15) is 0 Å². The molecule has 1 unspecified atom stereocenters. The highest BCUT2D eigenvalue weighted by atomic mass is 19.1. The molecule has 0 spiro atoms. The van der Waals surface area contributed by atoms with Crippen molar-refractivity contribution in [2.45, 2.75) is 65.3 Å². The first-order valence-electron chi connectivity index (χ1n) is 10.4. The molecule has 7 heteroatoms. The Morgan fingerprint density at radius 2 is 1.87 bits per heavy atom. The molecule has 2 heterocycles. The summed E-state index contributed by atoms with van der Waals surface area (Å²) in [6.07, 6.45) is 2.57. The Hall–Kier alpha value is -2.96. The molecular weight excluding hydrogens is 397 g/mol. The normalized spacial score (nSPS) is 16.5. The summed E-state index contributed by atoms with van der Waals surface area (Å²) in [7, 11) is 0. The van der Waals surface area contributed by atoms with Gasteiger partial charge in [-0.3, -0.25) is 9.78 Å². The largest absolute Gasteiger partial charge is 0.444 e. The molecule has 166 valence electrons. The lowest BCUT2D eigenvalue weighted by Crippen LogP contribution is -2.41. The van der Waals surface area contributed by atoms with E-state index in [2.05, 4.69) is 10.3 Å². The number of nitrogens with zero attached hydrogens (tertiary/aromatic N) is 2. The first-order chi connectivity index (χ1) is 14.3. The van der Waals surface area contributed by atoms with E-state index in [0.29, 0.717) is 29.9 Å². The minimum Gasteiger partial charge on any atom is -0.444 e. The summed E-state index contributed by atoms with van der Waals surface area (Å²) in [6, 6.07) is 7.08. The molecule has 1 aromatic carbocycles. The van der Waals surface area contributed by atoms with Crippen molar-refractivity contribution in [3.8, 4) is 0 Å². The number of nitrogens with one attached hydrogen (secondary N) is 1. The van der Waals surface area contributed by atoms with Gasteiger partial charge in [0, 0.05) is 30.4 Å². The molecule has 2 amide bonds. The van der Waals surface area contributed by atoms with Crippen LogP contribution in [-0.2, 0) is 17.0 Å². The third kappa shape index (κ3) is 5.60. The lowest BCUT2D eigenvalue weighted by Gasteiger charge is -2.34. The van der Waals surface area contributed by atoms with Crippen LogP contribution in [0.1, 0.15) is 74.5 Å². The van der Waals surface area contributed by atoms with Crippen LogP contribution in [-0.4, -0.2) is 34.0 Å². The van der Waals surface area contributed by atoms with Crippen LogP contribution in [0.5, 0.6) is 0 Å². The molecule has 6 nitrogen and oxygen atoms in total. The van der Waals surface area contributed by atoms with E-state index in [1.54, 1.807) is 23.1 Å². The van der Waals surface area contributed by atoms with Crippen LogP contribution >= 0.6 is 0 Å². The molecule has 3 rings (SSSR count). The van der Waals surface area contributed by atoms with E-state index in [-0.39, 0.29) is 17.9 Å². The number of pyridine rings is 1. The highest BCUT2D eigenvalue weighted by Gasteiger charge is 2.29. The number of hydrogen-bond acceptors (Lipinski definition) is 4. The van der Waals surface area contributed by atoms with Crippen molar-refractivity contribution in [1.82, 2.24) is 9.88 Å². The van der Waals surface area contributed by atoms with Gasteiger partial charge in [-0.15, -0.1) is 0 Å². The summed E-state index contributed by atoms with van der Waals surface area (Å²) in [5.74, 6) is -0.193. The van der Waals surface area contributed by atoms with Crippen LogP contribution < -0.4 is 5.32 Å². The molecule has 1 atom stereocenters. The zero-order valence-electron chi connectivity index (χ0n) is 19.0. The molecule has 1 N–H and O–H groups in total. The Balaban J connectivity index is 1.79. The van der Waals surface area contributed by atoms with E-state index in [4.69, 9.17) is 4.74 Å². The van der Waals surface area contributed by atoms with Gasteiger partial charge < -0.3 is 15.0 Å². The number of fused-ring (bicyclic) bond motifs is 1. The smallest absolute Gasteiger partial charge is 0.410 e. The lowest BCUT2D eigenvalue weighted by molar-refractivity contribution is 0.0209. The second-order valence-electron chi connectivity index (χ2n) is 9.56. The molecule has 0 fully saturated rings. The number of alkyl halides is 1. The van der Waals surface area contributed by atoms with Crippen LogP contribution in [0.15, 0.2) is 36.7 Å². The maximum absolute atomic E-state index is 14.2. The van der Waals surface area contributed by atoms with Gasteiger partial charge >= 0.3 is 6.09 Å². The van der Waals surface area contributed by atoms with Crippen molar-refractivity contribution in [3.05, 3.63) is 58.9 Å². The minimum atomic E-state index is -1.55. The van der Waals surface area contributed by atoms with Gasteiger partial charge in [-0.05, 0) is 69.9 Å². The van der Waals surface area contributed by atoms with Gasteiger partial charge in [0.25, 0.3) is 5.91 Å². The highest BCUT2D eigenvalue weighted by molar-refractivity contribution is 6.04. The summed E-state index contributed by atoms with van der Waals surface area (Å²) >= 11 is 0. The minimum absolute atomic E-state index is 0.126. The molecular formula is C24H30FN3O3. The van der Waals surface area contributed by atoms with Gasteiger partial charge in [0.05, 0.1) is 11.9 Å². The van der Waals surface area contributed by atoms with Crippen LogP contribution in [0.4, 0.5) is 14.9 Å². The van der Waals surface area contributed by atoms with Crippen molar-refractivity contribution in [2.75, 3.05) is 11.9 Å². The average Bonchev–Trinajstić information content (AvgIpc) is 2.65. The maximum Gasteiger partial charge on any atom is 0.410 e. The van der Waals surface area contributed by atoms with Crippen LogP contribution in [0.25, 0.3) is 0 Å². The summed E-state index contributed by atoms with van der Waals surface area (Å²) in [6.45, 7) is 11.4. The number of hydrogen-bond donors (Lipinski definition) is 1. The summed E-state index contributed by atoms with van der Waals surface area (Å²) in [5, 5.41) is 2.78. The van der Waals surface area contributed by atoms with Crippen molar-refractivity contribution < 1.29 is 18.7 Å². The molecule has 1 aliphatic heterocycles. The molecule has 0 saturated heterocycles. The first-order valence-corrected chi connectivity index (χ1v) is 10.4.